The normalized spacial score (nSPS) is 36.3. The monoisotopic (exact) mass is 140 g/mol. The SMILES string of the molecule is CC[C@@H](C)C1CCC(C)C1. The van der Waals surface area contributed by atoms with E-state index in [1.807, 2.05) is 0 Å². The minimum atomic E-state index is 0.977. The van der Waals surface area contributed by atoms with Crippen LogP contribution in [0.3, 0.4) is 0 Å². The molecule has 0 aromatic rings. The molecule has 0 radical (unpaired) electrons. The van der Waals surface area contributed by atoms with Gasteiger partial charge in [-0.25, -0.2) is 0 Å². The molecule has 1 aliphatic carbocycles. The zero-order valence-corrected chi connectivity index (χ0v) is 7.56. The minimum absolute atomic E-state index is 0.977. The predicted molar refractivity (Wildman–Crippen MR) is 46.0 cm³/mol. The molecule has 3 atom stereocenters. The van der Waals surface area contributed by atoms with Crippen molar-refractivity contribution in [1.82, 2.24) is 0 Å². The van der Waals surface area contributed by atoms with Gasteiger partial charge in [0.1, 0.15) is 0 Å². The van der Waals surface area contributed by atoms with Crippen LogP contribution in [0.4, 0.5) is 0 Å². The average Bonchev–Trinajstić information content (AvgIpc) is 2.34. The van der Waals surface area contributed by atoms with Crippen molar-refractivity contribution < 1.29 is 0 Å². The topological polar surface area (TPSA) is 0 Å². The van der Waals surface area contributed by atoms with E-state index in [4.69, 9.17) is 0 Å². The summed E-state index contributed by atoms with van der Waals surface area (Å²) in [7, 11) is 0. The van der Waals surface area contributed by atoms with Gasteiger partial charge in [0.2, 0.25) is 0 Å². The highest BCUT2D eigenvalue weighted by atomic mass is 14.3. The molecule has 10 heavy (non-hydrogen) atoms. The maximum Gasteiger partial charge on any atom is -0.0386 e. The van der Waals surface area contributed by atoms with E-state index in [0.717, 1.165) is 17.8 Å². The van der Waals surface area contributed by atoms with Crippen LogP contribution in [0, 0.1) is 17.8 Å². The molecule has 60 valence electrons. The van der Waals surface area contributed by atoms with Crippen LogP contribution in [0.5, 0.6) is 0 Å². The van der Waals surface area contributed by atoms with Gasteiger partial charge in [-0.05, 0) is 30.6 Å². The Morgan fingerprint density at radius 3 is 2.50 bits per heavy atom. The Labute approximate surface area is 65.0 Å². The van der Waals surface area contributed by atoms with E-state index in [1.165, 1.54) is 25.7 Å². The van der Waals surface area contributed by atoms with Gasteiger partial charge in [0.25, 0.3) is 0 Å². The number of hydrogen-bond acceptors (Lipinski definition) is 0. The molecule has 0 nitrogen and oxygen atoms in total. The van der Waals surface area contributed by atoms with Crippen molar-refractivity contribution in [2.75, 3.05) is 0 Å². The summed E-state index contributed by atoms with van der Waals surface area (Å²) in [4.78, 5) is 0. The first kappa shape index (κ1) is 8.10. The van der Waals surface area contributed by atoms with Crippen molar-refractivity contribution >= 4 is 0 Å². The molecule has 0 heterocycles. The van der Waals surface area contributed by atoms with Gasteiger partial charge in [-0.3, -0.25) is 0 Å². The fourth-order valence-corrected chi connectivity index (χ4v) is 2.10. The second-order valence-corrected chi connectivity index (χ2v) is 4.06. The highest BCUT2D eigenvalue weighted by molar-refractivity contribution is 4.75. The summed E-state index contributed by atoms with van der Waals surface area (Å²) >= 11 is 0. The summed E-state index contributed by atoms with van der Waals surface area (Å²) in [5, 5.41) is 0. The van der Waals surface area contributed by atoms with Crippen LogP contribution in [0.1, 0.15) is 46.5 Å². The summed E-state index contributed by atoms with van der Waals surface area (Å²) < 4.78 is 0. The van der Waals surface area contributed by atoms with Gasteiger partial charge < -0.3 is 0 Å². The molecule has 0 N–H and O–H groups in total. The van der Waals surface area contributed by atoms with E-state index in [0.29, 0.717) is 0 Å². The number of hydrogen-bond donors (Lipinski definition) is 0. The molecule has 1 saturated carbocycles. The van der Waals surface area contributed by atoms with Crippen LogP contribution in [0.25, 0.3) is 0 Å². The zero-order chi connectivity index (χ0) is 7.56. The summed E-state index contributed by atoms with van der Waals surface area (Å²) in [6.07, 6.45) is 5.84. The van der Waals surface area contributed by atoms with Crippen LogP contribution in [0.15, 0.2) is 0 Å². The maximum absolute atomic E-state index is 2.41. The van der Waals surface area contributed by atoms with Gasteiger partial charge in [0.15, 0.2) is 0 Å². The van der Waals surface area contributed by atoms with Gasteiger partial charge in [0.05, 0.1) is 0 Å². The van der Waals surface area contributed by atoms with Crippen molar-refractivity contribution in [2.24, 2.45) is 17.8 Å². The summed E-state index contributed by atoms with van der Waals surface area (Å²) in [6, 6.07) is 0. The van der Waals surface area contributed by atoms with Crippen LogP contribution < -0.4 is 0 Å². The summed E-state index contributed by atoms with van der Waals surface area (Å²) in [6.45, 7) is 7.11. The lowest BCUT2D eigenvalue weighted by atomic mass is 9.90. The van der Waals surface area contributed by atoms with Gasteiger partial charge in [-0.1, -0.05) is 33.6 Å². The second-order valence-electron chi connectivity index (χ2n) is 4.06. The first-order chi connectivity index (χ1) is 4.74. The molecule has 1 aliphatic rings. The lowest BCUT2D eigenvalue weighted by Crippen LogP contribution is -2.06. The molecule has 0 aliphatic heterocycles. The fraction of sp³-hybridized carbons (Fsp3) is 1.00. The lowest BCUT2D eigenvalue weighted by Gasteiger charge is -2.16. The third-order valence-corrected chi connectivity index (χ3v) is 3.18. The van der Waals surface area contributed by atoms with Gasteiger partial charge in [-0.2, -0.15) is 0 Å². The molecule has 0 aromatic heterocycles. The quantitative estimate of drug-likeness (QED) is 0.551. The summed E-state index contributed by atoms with van der Waals surface area (Å²) in [5.74, 6) is 3.05. The van der Waals surface area contributed by atoms with Crippen LogP contribution in [0.2, 0.25) is 0 Å². The number of rotatable bonds is 2. The molecule has 0 aromatic carbocycles. The Kier molecular flexibility index (Phi) is 2.76. The molecule has 0 heteroatoms. The Morgan fingerprint density at radius 2 is 2.10 bits per heavy atom. The summed E-state index contributed by atoms with van der Waals surface area (Å²) in [5.41, 5.74) is 0. The van der Waals surface area contributed by atoms with Crippen molar-refractivity contribution in [3.05, 3.63) is 0 Å². The van der Waals surface area contributed by atoms with E-state index in [-0.39, 0.29) is 0 Å². The molecule has 0 bridgehead atoms. The van der Waals surface area contributed by atoms with Crippen molar-refractivity contribution in [3.63, 3.8) is 0 Å². The Balaban J connectivity index is 2.29. The van der Waals surface area contributed by atoms with E-state index >= 15 is 0 Å². The highest BCUT2D eigenvalue weighted by Crippen LogP contribution is 2.36. The molecule has 0 spiro atoms. The Morgan fingerprint density at radius 1 is 1.40 bits per heavy atom. The first-order valence-corrected chi connectivity index (χ1v) is 4.74. The Bertz CT molecular complexity index is 96.2. The average molecular weight is 140 g/mol. The molecular weight excluding hydrogens is 120 g/mol. The molecular formula is C10H20. The van der Waals surface area contributed by atoms with Gasteiger partial charge in [0, 0.05) is 0 Å². The van der Waals surface area contributed by atoms with E-state index in [1.54, 1.807) is 0 Å². The lowest BCUT2D eigenvalue weighted by molar-refractivity contribution is 0.348. The highest BCUT2D eigenvalue weighted by Gasteiger charge is 2.24. The van der Waals surface area contributed by atoms with Crippen molar-refractivity contribution in [1.29, 1.82) is 0 Å². The van der Waals surface area contributed by atoms with Crippen LogP contribution in [-0.2, 0) is 0 Å². The van der Waals surface area contributed by atoms with E-state index < -0.39 is 0 Å². The smallest absolute Gasteiger partial charge is 0.0386 e. The van der Waals surface area contributed by atoms with Crippen molar-refractivity contribution in [2.45, 2.75) is 46.5 Å². The van der Waals surface area contributed by atoms with Gasteiger partial charge in [-0.15, -0.1) is 0 Å². The molecule has 2 unspecified atom stereocenters. The largest absolute Gasteiger partial charge is 0.0651 e. The standard InChI is InChI=1S/C10H20/c1-4-9(3)10-6-5-8(2)7-10/h8-10H,4-7H2,1-3H3/t8?,9-,10?/m1/s1. The molecule has 0 saturated heterocycles. The minimum Gasteiger partial charge on any atom is -0.0651 e. The molecule has 1 rings (SSSR count). The zero-order valence-electron chi connectivity index (χ0n) is 7.56. The Hall–Kier alpha value is 0. The second kappa shape index (κ2) is 3.41. The van der Waals surface area contributed by atoms with Crippen LogP contribution in [-0.4, -0.2) is 0 Å². The third-order valence-electron chi connectivity index (χ3n) is 3.18. The maximum atomic E-state index is 2.41. The first-order valence-electron chi connectivity index (χ1n) is 4.74. The van der Waals surface area contributed by atoms with Gasteiger partial charge >= 0.3 is 0 Å². The third kappa shape index (κ3) is 1.74. The van der Waals surface area contributed by atoms with Crippen LogP contribution >= 0.6 is 0 Å². The predicted octanol–water partition coefficient (Wildman–Crippen LogP) is 3.47. The van der Waals surface area contributed by atoms with E-state index in [9.17, 15) is 0 Å². The van der Waals surface area contributed by atoms with E-state index in [2.05, 4.69) is 20.8 Å². The molecule has 1 fully saturated rings. The fourth-order valence-electron chi connectivity index (χ4n) is 2.10. The molecule has 0 amide bonds. The van der Waals surface area contributed by atoms with Crippen molar-refractivity contribution in [3.8, 4) is 0 Å².